The monoisotopic (exact) mass is 338 g/mol. The number of carbonyl (C=O) groups is 1. The van der Waals surface area contributed by atoms with Gasteiger partial charge in [-0.1, -0.05) is 41.4 Å². The fourth-order valence-corrected chi connectivity index (χ4v) is 2.26. The highest BCUT2D eigenvalue weighted by atomic mass is 35.5. The summed E-state index contributed by atoms with van der Waals surface area (Å²) in [7, 11) is 0. The summed E-state index contributed by atoms with van der Waals surface area (Å²) in [4.78, 5) is 11.8. The molecule has 2 aromatic rings. The maximum atomic E-state index is 11.8. The number of halogens is 2. The van der Waals surface area contributed by atoms with E-state index in [2.05, 4.69) is 10.6 Å². The molecule has 0 aliphatic carbocycles. The number of nitrogens with one attached hydrogen (secondary N) is 2. The minimum absolute atomic E-state index is 0.349. The van der Waals surface area contributed by atoms with Gasteiger partial charge < -0.3 is 15.4 Å². The van der Waals surface area contributed by atoms with Crippen molar-refractivity contribution in [3.63, 3.8) is 0 Å². The molecule has 4 nitrogen and oxygen atoms in total. The zero-order valence-electron chi connectivity index (χ0n) is 12.0. The Labute approximate surface area is 139 Å². The summed E-state index contributed by atoms with van der Waals surface area (Å²) >= 11 is 11.8. The van der Waals surface area contributed by atoms with Crippen molar-refractivity contribution in [2.45, 2.75) is 6.92 Å². The summed E-state index contributed by atoms with van der Waals surface area (Å²) in [6.45, 7) is 2.73. The number of para-hydroxylation sites is 1. The van der Waals surface area contributed by atoms with Gasteiger partial charge in [-0.05, 0) is 36.8 Å². The number of anilines is 1. The van der Waals surface area contributed by atoms with E-state index in [0.29, 0.717) is 28.9 Å². The van der Waals surface area contributed by atoms with Crippen LogP contribution in [0.1, 0.15) is 5.56 Å². The van der Waals surface area contributed by atoms with Crippen molar-refractivity contribution in [1.82, 2.24) is 5.32 Å². The number of benzene rings is 2. The summed E-state index contributed by atoms with van der Waals surface area (Å²) in [5.41, 5.74) is 1.56. The Kier molecular flexibility index (Phi) is 5.92. The van der Waals surface area contributed by atoms with Crippen molar-refractivity contribution in [2.24, 2.45) is 0 Å². The predicted octanol–water partition coefficient (Wildman–Crippen LogP) is 4.50. The molecule has 2 N–H and O–H groups in total. The number of carbonyl (C=O) groups excluding carboxylic acids is 1. The number of hydrogen-bond donors (Lipinski definition) is 2. The average molecular weight is 339 g/mol. The lowest BCUT2D eigenvalue weighted by Gasteiger charge is -2.11. The molecule has 0 radical (unpaired) electrons. The fourth-order valence-electron chi connectivity index (χ4n) is 1.80. The Morgan fingerprint density at radius 2 is 1.95 bits per heavy atom. The predicted molar refractivity (Wildman–Crippen MR) is 90.2 cm³/mol. The smallest absolute Gasteiger partial charge is 0.319 e. The largest absolute Gasteiger partial charge is 0.491 e. The van der Waals surface area contributed by atoms with Gasteiger partial charge in [-0.15, -0.1) is 0 Å². The van der Waals surface area contributed by atoms with E-state index in [-0.39, 0.29) is 6.03 Å². The highest BCUT2D eigenvalue weighted by Gasteiger charge is 2.06. The molecule has 6 heteroatoms. The van der Waals surface area contributed by atoms with Crippen molar-refractivity contribution >= 4 is 34.9 Å². The molecule has 2 rings (SSSR count). The highest BCUT2D eigenvalue weighted by Crippen LogP contribution is 2.25. The van der Waals surface area contributed by atoms with Crippen LogP contribution in [0.2, 0.25) is 10.0 Å². The molecule has 2 aromatic carbocycles. The van der Waals surface area contributed by atoms with Crippen LogP contribution in [0.4, 0.5) is 10.5 Å². The first-order chi connectivity index (χ1) is 10.6. The normalized spacial score (nSPS) is 10.1. The van der Waals surface area contributed by atoms with Crippen molar-refractivity contribution in [2.75, 3.05) is 18.5 Å². The molecule has 2 amide bonds. The molecule has 0 aliphatic heterocycles. The maximum Gasteiger partial charge on any atom is 0.319 e. The molecule has 0 aromatic heterocycles. The van der Waals surface area contributed by atoms with E-state index in [4.69, 9.17) is 27.9 Å². The first-order valence-corrected chi connectivity index (χ1v) is 7.50. The van der Waals surface area contributed by atoms with Crippen LogP contribution in [-0.4, -0.2) is 19.2 Å². The third-order valence-electron chi connectivity index (χ3n) is 2.92. The number of urea groups is 1. The topological polar surface area (TPSA) is 50.4 Å². The summed E-state index contributed by atoms with van der Waals surface area (Å²) < 4.78 is 5.59. The van der Waals surface area contributed by atoms with E-state index in [1.54, 1.807) is 18.2 Å². The Morgan fingerprint density at radius 1 is 1.18 bits per heavy atom. The third-order valence-corrected chi connectivity index (χ3v) is 3.47. The molecule has 0 aliphatic rings. The van der Waals surface area contributed by atoms with Crippen molar-refractivity contribution < 1.29 is 9.53 Å². The van der Waals surface area contributed by atoms with Gasteiger partial charge in [0, 0.05) is 5.02 Å². The molecular formula is C16H16Cl2N2O2. The number of amides is 2. The summed E-state index contributed by atoms with van der Waals surface area (Å²) in [5.74, 6) is 0.811. The lowest BCUT2D eigenvalue weighted by molar-refractivity contribution is 0.247. The first-order valence-electron chi connectivity index (χ1n) is 6.74. The van der Waals surface area contributed by atoms with E-state index >= 15 is 0 Å². The second-order valence-corrected chi connectivity index (χ2v) is 5.46. The van der Waals surface area contributed by atoms with Gasteiger partial charge in [0.2, 0.25) is 0 Å². The van der Waals surface area contributed by atoms with Crippen molar-refractivity contribution in [1.29, 1.82) is 0 Å². The summed E-state index contributed by atoms with van der Waals surface area (Å²) in [6, 6.07) is 12.2. The van der Waals surface area contributed by atoms with Crippen LogP contribution >= 0.6 is 23.2 Å². The third kappa shape index (κ3) is 4.83. The fraction of sp³-hybridized carbons (Fsp3) is 0.188. The molecule has 0 saturated carbocycles. The molecule has 0 heterocycles. The van der Waals surface area contributed by atoms with Gasteiger partial charge in [0.25, 0.3) is 0 Å². The molecular weight excluding hydrogens is 323 g/mol. The van der Waals surface area contributed by atoms with Crippen molar-refractivity contribution in [3.8, 4) is 5.75 Å². The van der Waals surface area contributed by atoms with Crippen molar-refractivity contribution in [3.05, 3.63) is 58.1 Å². The minimum Gasteiger partial charge on any atom is -0.491 e. The van der Waals surface area contributed by atoms with Gasteiger partial charge in [-0.2, -0.15) is 0 Å². The standard InChI is InChI=1S/C16H16Cl2N2O2/c1-11-4-2-3-5-15(11)22-9-8-19-16(21)20-14-7-6-12(17)10-13(14)18/h2-7,10H,8-9H2,1H3,(H2,19,20,21). The SMILES string of the molecule is Cc1ccccc1OCCNC(=O)Nc1ccc(Cl)cc1Cl. The Bertz CT molecular complexity index is 662. The molecule has 22 heavy (non-hydrogen) atoms. The van der Waals surface area contributed by atoms with Gasteiger partial charge in [-0.25, -0.2) is 4.79 Å². The second-order valence-electron chi connectivity index (χ2n) is 4.62. The van der Waals surface area contributed by atoms with Gasteiger partial charge in [0.05, 0.1) is 17.3 Å². The lowest BCUT2D eigenvalue weighted by Crippen LogP contribution is -2.32. The average Bonchev–Trinajstić information content (AvgIpc) is 2.48. The molecule has 0 fully saturated rings. The van der Waals surface area contributed by atoms with Crippen LogP contribution in [0.25, 0.3) is 0 Å². The molecule has 0 spiro atoms. The Balaban J connectivity index is 1.75. The van der Waals surface area contributed by atoms with Crippen LogP contribution in [0.15, 0.2) is 42.5 Å². The summed E-state index contributed by atoms with van der Waals surface area (Å²) in [5, 5.41) is 6.25. The van der Waals surface area contributed by atoms with E-state index in [9.17, 15) is 4.79 Å². The van der Waals surface area contributed by atoms with Gasteiger partial charge in [0.15, 0.2) is 0 Å². The number of ether oxygens (including phenoxy) is 1. The van der Waals surface area contributed by atoms with Crippen LogP contribution in [-0.2, 0) is 0 Å². The van der Waals surface area contributed by atoms with E-state index in [1.165, 1.54) is 0 Å². The Hall–Kier alpha value is -1.91. The van der Waals surface area contributed by atoms with E-state index in [0.717, 1.165) is 11.3 Å². The molecule has 0 bridgehead atoms. The zero-order chi connectivity index (χ0) is 15.9. The van der Waals surface area contributed by atoms with Crippen LogP contribution in [0.3, 0.4) is 0 Å². The quantitative estimate of drug-likeness (QED) is 0.788. The van der Waals surface area contributed by atoms with Gasteiger partial charge in [0.1, 0.15) is 12.4 Å². The van der Waals surface area contributed by atoms with E-state index in [1.807, 2.05) is 31.2 Å². The number of aryl methyl sites for hydroxylation is 1. The molecule has 0 atom stereocenters. The zero-order valence-corrected chi connectivity index (χ0v) is 13.5. The van der Waals surface area contributed by atoms with Crippen LogP contribution in [0, 0.1) is 6.92 Å². The molecule has 0 unspecified atom stereocenters. The lowest BCUT2D eigenvalue weighted by atomic mass is 10.2. The minimum atomic E-state index is -0.349. The number of rotatable bonds is 5. The molecule has 116 valence electrons. The summed E-state index contributed by atoms with van der Waals surface area (Å²) in [6.07, 6.45) is 0. The molecule has 0 saturated heterocycles. The van der Waals surface area contributed by atoms with E-state index < -0.39 is 0 Å². The first kappa shape index (κ1) is 16.5. The van der Waals surface area contributed by atoms with Gasteiger partial charge in [-0.3, -0.25) is 0 Å². The highest BCUT2D eigenvalue weighted by molar-refractivity contribution is 6.36. The second kappa shape index (κ2) is 7.92. The maximum absolute atomic E-state index is 11.8. The number of hydrogen-bond acceptors (Lipinski definition) is 2. The van der Waals surface area contributed by atoms with Crippen LogP contribution < -0.4 is 15.4 Å². The van der Waals surface area contributed by atoms with Gasteiger partial charge >= 0.3 is 6.03 Å². The van der Waals surface area contributed by atoms with Crippen LogP contribution in [0.5, 0.6) is 5.75 Å². The Morgan fingerprint density at radius 3 is 2.68 bits per heavy atom.